The molecule has 0 atom stereocenters. The van der Waals surface area contributed by atoms with Crippen LogP contribution in [0.2, 0.25) is 0 Å². The Hall–Kier alpha value is -9.06. The van der Waals surface area contributed by atoms with Gasteiger partial charge in [0.15, 0.2) is 11.2 Å². The smallest absolute Gasteiger partial charge is 0.159 e. The molecule has 314 valence electrons. The maximum absolute atomic E-state index is 7.03. The molecule has 0 aliphatic rings. The van der Waals surface area contributed by atoms with E-state index in [0.29, 0.717) is 0 Å². The first kappa shape index (κ1) is 37.3. The van der Waals surface area contributed by atoms with Gasteiger partial charge in [-0.1, -0.05) is 140 Å². The Morgan fingerprint density at radius 2 is 0.687 bits per heavy atom. The van der Waals surface area contributed by atoms with Crippen molar-refractivity contribution in [2.24, 2.45) is 0 Å². The van der Waals surface area contributed by atoms with Crippen molar-refractivity contribution in [3.8, 4) is 11.1 Å². The van der Waals surface area contributed by atoms with Gasteiger partial charge in [-0.15, -0.1) is 0 Å². The fourth-order valence-corrected chi connectivity index (χ4v) is 10.4. The van der Waals surface area contributed by atoms with Gasteiger partial charge < -0.3 is 23.1 Å². The van der Waals surface area contributed by atoms with Crippen LogP contribution in [-0.4, -0.2) is 0 Å². The van der Waals surface area contributed by atoms with Crippen LogP contribution in [0.15, 0.2) is 244 Å². The molecule has 5 heteroatoms. The molecule has 0 aliphatic heterocycles. The van der Waals surface area contributed by atoms with Crippen molar-refractivity contribution in [3.05, 3.63) is 231 Å². The topological polar surface area (TPSA) is 45.9 Å². The van der Waals surface area contributed by atoms with Crippen LogP contribution in [0.25, 0.3) is 98.5 Å². The highest BCUT2D eigenvalue weighted by Crippen LogP contribution is 2.47. The van der Waals surface area contributed by atoms with E-state index in [4.69, 9.17) is 13.3 Å². The molecule has 0 fully saturated rings. The van der Waals surface area contributed by atoms with Gasteiger partial charge in [0.1, 0.15) is 22.3 Å². The van der Waals surface area contributed by atoms with Crippen LogP contribution in [0.3, 0.4) is 0 Å². The average molecular weight is 859 g/mol. The molecule has 14 rings (SSSR count). The maximum atomic E-state index is 7.03. The lowest BCUT2D eigenvalue weighted by atomic mass is 9.94. The minimum Gasteiger partial charge on any atom is -0.455 e. The van der Waals surface area contributed by atoms with Gasteiger partial charge in [0.05, 0.1) is 17.1 Å². The molecule has 11 aromatic carbocycles. The average Bonchev–Trinajstić information content (AvgIpc) is 4.10. The summed E-state index contributed by atoms with van der Waals surface area (Å²) in [5.74, 6) is 0. The molecule has 5 nitrogen and oxygen atoms in total. The number of furan rings is 3. The largest absolute Gasteiger partial charge is 0.455 e. The van der Waals surface area contributed by atoms with Crippen molar-refractivity contribution in [1.82, 2.24) is 0 Å². The molecular weight excluding hydrogens is 821 g/mol. The Bertz CT molecular complexity index is 4220. The van der Waals surface area contributed by atoms with Crippen LogP contribution in [0.1, 0.15) is 0 Å². The summed E-state index contributed by atoms with van der Waals surface area (Å²) in [5, 5.41) is 11.2. The summed E-state index contributed by atoms with van der Waals surface area (Å²) < 4.78 is 20.2. The van der Waals surface area contributed by atoms with Crippen molar-refractivity contribution in [2.75, 3.05) is 9.80 Å². The number of fused-ring (bicyclic) bond motifs is 14. The fraction of sp³-hybridized carbons (Fsp3) is 0. The van der Waals surface area contributed by atoms with Crippen LogP contribution in [0, 0.1) is 0 Å². The van der Waals surface area contributed by atoms with Crippen molar-refractivity contribution in [1.29, 1.82) is 0 Å². The summed E-state index contributed by atoms with van der Waals surface area (Å²) in [6.45, 7) is 0. The molecule has 0 radical (unpaired) electrons. The number of benzene rings is 11. The van der Waals surface area contributed by atoms with E-state index in [1.165, 1.54) is 5.39 Å². The summed E-state index contributed by atoms with van der Waals surface area (Å²) in [7, 11) is 0. The zero-order chi connectivity index (χ0) is 44.0. The van der Waals surface area contributed by atoms with Crippen molar-refractivity contribution in [2.45, 2.75) is 0 Å². The quantitative estimate of drug-likeness (QED) is 0.149. The third kappa shape index (κ3) is 5.81. The van der Waals surface area contributed by atoms with Gasteiger partial charge in [-0.3, -0.25) is 0 Å². The Labute approximate surface area is 384 Å². The molecule has 14 aromatic rings. The number of rotatable bonds is 7. The van der Waals surface area contributed by atoms with Crippen LogP contribution in [0.5, 0.6) is 0 Å². The summed E-state index contributed by atoms with van der Waals surface area (Å²) in [6, 6.07) is 81.2. The van der Waals surface area contributed by atoms with Crippen LogP contribution in [-0.2, 0) is 0 Å². The van der Waals surface area contributed by atoms with E-state index in [2.05, 4.69) is 210 Å². The second-order valence-corrected chi connectivity index (χ2v) is 17.2. The Balaban J connectivity index is 0.891. The standard InChI is InChI=1S/C62H38N2O3/c1-3-15-41(16-4-1)63(54-25-13-23-49-46-20-9-11-27-56(46)65-60(49)54)43-32-29-39(30-33-43)40-31-35-51-53(37-40)45-19-7-8-22-48(45)59-52-36-34-44(38-58(52)67-62(51)59)64(42-17-5-2-6-18-42)55-26-14-24-50-47-21-10-12-28-57(47)66-61(50)55/h1-38H. The van der Waals surface area contributed by atoms with Crippen molar-refractivity contribution >= 4 is 121 Å². The van der Waals surface area contributed by atoms with E-state index in [0.717, 1.165) is 127 Å². The lowest BCUT2D eigenvalue weighted by Gasteiger charge is -2.25. The first-order chi connectivity index (χ1) is 33.2. The third-order valence-electron chi connectivity index (χ3n) is 13.4. The molecule has 67 heavy (non-hydrogen) atoms. The second-order valence-electron chi connectivity index (χ2n) is 17.2. The molecule has 0 amide bonds. The zero-order valence-corrected chi connectivity index (χ0v) is 36.1. The normalized spacial score (nSPS) is 11.9. The van der Waals surface area contributed by atoms with Crippen molar-refractivity contribution < 1.29 is 13.3 Å². The summed E-state index contributed by atoms with van der Waals surface area (Å²) in [4.78, 5) is 4.55. The monoisotopic (exact) mass is 858 g/mol. The second kappa shape index (κ2) is 14.7. The molecule has 0 saturated heterocycles. The maximum Gasteiger partial charge on any atom is 0.159 e. The van der Waals surface area contributed by atoms with Gasteiger partial charge in [0.25, 0.3) is 0 Å². The predicted octanol–water partition coefficient (Wildman–Crippen LogP) is 18.3. The lowest BCUT2D eigenvalue weighted by molar-refractivity contribution is 0.668. The first-order valence-electron chi connectivity index (χ1n) is 22.7. The van der Waals surface area contributed by atoms with Crippen LogP contribution < -0.4 is 9.80 Å². The Morgan fingerprint density at radius 1 is 0.239 bits per heavy atom. The molecule has 0 spiro atoms. The minimum absolute atomic E-state index is 0.823. The molecule has 3 aromatic heterocycles. The Morgan fingerprint density at radius 3 is 1.31 bits per heavy atom. The van der Waals surface area contributed by atoms with E-state index >= 15 is 0 Å². The van der Waals surface area contributed by atoms with E-state index in [1.807, 2.05) is 30.3 Å². The highest BCUT2D eigenvalue weighted by Gasteiger charge is 2.23. The summed E-state index contributed by atoms with van der Waals surface area (Å²) in [5.41, 5.74) is 13.5. The molecule has 0 unspecified atom stereocenters. The number of para-hydroxylation sites is 6. The van der Waals surface area contributed by atoms with Crippen molar-refractivity contribution in [3.63, 3.8) is 0 Å². The molecular formula is C62H38N2O3. The van der Waals surface area contributed by atoms with Gasteiger partial charge in [-0.2, -0.15) is 0 Å². The lowest BCUT2D eigenvalue weighted by Crippen LogP contribution is -2.10. The van der Waals surface area contributed by atoms with Gasteiger partial charge in [0.2, 0.25) is 0 Å². The van der Waals surface area contributed by atoms with E-state index < -0.39 is 0 Å². The molecule has 0 bridgehead atoms. The zero-order valence-electron chi connectivity index (χ0n) is 36.1. The number of hydrogen-bond acceptors (Lipinski definition) is 5. The summed E-state index contributed by atoms with van der Waals surface area (Å²) in [6.07, 6.45) is 0. The fourth-order valence-electron chi connectivity index (χ4n) is 10.4. The van der Waals surface area contributed by atoms with E-state index in [1.54, 1.807) is 0 Å². The number of nitrogens with zero attached hydrogens (tertiary/aromatic N) is 2. The van der Waals surface area contributed by atoms with Gasteiger partial charge in [0, 0.05) is 60.8 Å². The Kier molecular flexibility index (Phi) is 8.21. The highest BCUT2D eigenvalue weighted by molar-refractivity contribution is 6.30. The number of hydrogen-bond donors (Lipinski definition) is 0. The van der Waals surface area contributed by atoms with Crippen LogP contribution in [0.4, 0.5) is 34.1 Å². The summed E-state index contributed by atoms with van der Waals surface area (Å²) >= 11 is 0. The molecule has 3 heterocycles. The minimum atomic E-state index is 0.823. The van der Waals surface area contributed by atoms with Gasteiger partial charge in [-0.05, 0) is 112 Å². The van der Waals surface area contributed by atoms with E-state index in [-0.39, 0.29) is 0 Å². The highest BCUT2D eigenvalue weighted by atomic mass is 16.3. The SMILES string of the molecule is c1ccc(N(c2ccc(-c3ccc4c(c3)c3ccccc3c3c5ccc(N(c6ccccc6)c6cccc7c6oc6ccccc67)cc5oc43)cc2)c2cccc3c2oc2ccccc23)cc1. The first-order valence-corrected chi connectivity index (χ1v) is 22.7. The predicted molar refractivity (Wildman–Crippen MR) is 278 cm³/mol. The molecule has 0 aliphatic carbocycles. The van der Waals surface area contributed by atoms with E-state index in [9.17, 15) is 0 Å². The van der Waals surface area contributed by atoms with Gasteiger partial charge in [-0.25, -0.2) is 0 Å². The molecule has 0 saturated carbocycles. The number of anilines is 6. The van der Waals surface area contributed by atoms with Gasteiger partial charge >= 0.3 is 0 Å². The molecule has 0 N–H and O–H groups in total. The van der Waals surface area contributed by atoms with Crippen LogP contribution >= 0.6 is 0 Å². The third-order valence-corrected chi connectivity index (χ3v) is 13.4.